The highest BCUT2D eigenvalue weighted by molar-refractivity contribution is 14.1. The summed E-state index contributed by atoms with van der Waals surface area (Å²) in [5.74, 6) is 0.589. The summed E-state index contributed by atoms with van der Waals surface area (Å²) < 4.78 is 2.15. The molecular formula is C13H9BrIN3. The number of benzene rings is 1. The lowest BCUT2D eigenvalue weighted by atomic mass is 10.2. The molecule has 1 aromatic carbocycles. The third-order valence-electron chi connectivity index (χ3n) is 2.34. The summed E-state index contributed by atoms with van der Waals surface area (Å²) >= 11 is 5.73. The maximum atomic E-state index is 9.05. The number of halogens is 2. The van der Waals surface area contributed by atoms with E-state index in [4.69, 9.17) is 5.26 Å². The molecule has 0 fully saturated rings. The van der Waals surface area contributed by atoms with E-state index < -0.39 is 0 Å². The van der Waals surface area contributed by atoms with Crippen LogP contribution in [0.25, 0.3) is 0 Å². The Morgan fingerprint density at radius 2 is 2.11 bits per heavy atom. The zero-order chi connectivity index (χ0) is 13.1. The van der Waals surface area contributed by atoms with Gasteiger partial charge in [0, 0.05) is 19.4 Å². The standard InChI is InChI=1S/C13H9BrIN3/c1-8-2-3-9(7-16)13(17-8)18-10-4-5-12(15)11(14)6-10/h2-6H,1H3,(H,17,18). The molecule has 0 spiro atoms. The molecular weight excluding hydrogens is 405 g/mol. The Balaban J connectivity index is 2.36. The van der Waals surface area contributed by atoms with E-state index in [1.165, 1.54) is 0 Å². The van der Waals surface area contributed by atoms with Gasteiger partial charge >= 0.3 is 0 Å². The van der Waals surface area contributed by atoms with Crippen LogP contribution < -0.4 is 5.32 Å². The van der Waals surface area contributed by atoms with Crippen molar-refractivity contribution in [2.24, 2.45) is 0 Å². The number of pyridine rings is 1. The van der Waals surface area contributed by atoms with Crippen molar-refractivity contribution in [2.75, 3.05) is 5.32 Å². The maximum absolute atomic E-state index is 9.05. The van der Waals surface area contributed by atoms with E-state index in [9.17, 15) is 0 Å². The average molecular weight is 414 g/mol. The first-order valence-corrected chi connectivity index (χ1v) is 7.07. The van der Waals surface area contributed by atoms with Crippen LogP contribution >= 0.6 is 38.5 Å². The fraction of sp³-hybridized carbons (Fsp3) is 0.0769. The lowest BCUT2D eigenvalue weighted by molar-refractivity contribution is 1.19. The summed E-state index contributed by atoms with van der Waals surface area (Å²) in [4.78, 5) is 4.34. The Hall–Kier alpha value is -1.13. The van der Waals surface area contributed by atoms with E-state index in [1.54, 1.807) is 6.07 Å². The van der Waals surface area contributed by atoms with Crippen LogP contribution in [-0.2, 0) is 0 Å². The van der Waals surface area contributed by atoms with Gasteiger partial charge in [0.25, 0.3) is 0 Å². The molecule has 0 radical (unpaired) electrons. The van der Waals surface area contributed by atoms with Crippen LogP contribution in [0.1, 0.15) is 11.3 Å². The average Bonchev–Trinajstić information content (AvgIpc) is 2.34. The molecule has 0 saturated carbocycles. The molecule has 2 rings (SSSR count). The Morgan fingerprint density at radius 1 is 1.33 bits per heavy atom. The molecule has 3 nitrogen and oxygen atoms in total. The number of aromatic nitrogens is 1. The van der Waals surface area contributed by atoms with Gasteiger partial charge in [-0.05, 0) is 75.8 Å². The Bertz CT molecular complexity index is 635. The van der Waals surface area contributed by atoms with E-state index >= 15 is 0 Å². The van der Waals surface area contributed by atoms with Gasteiger partial charge in [0.1, 0.15) is 11.9 Å². The van der Waals surface area contributed by atoms with Gasteiger partial charge in [-0.15, -0.1) is 0 Å². The highest BCUT2D eigenvalue weighted by Gasteiger charge is 2.05. The van der Waals surface area contributed by atoms with Crippen LogP contribution in [0.2, 0.25) is 0 Å². The van der Waals surface area contributed by atoms with Crippen LogP contribution in [0.3, 0.4) is 0 Å². The van der Waals surface area contributed by atoms with Crippen molar-refractivity contribution in [3.05, 3.63) is 49.6 Å². The predicted octanol–water partition coefficient (Wildman–Crippen LogP) is 4.37. The lowest BCUT2D eigenvalue weighted by Crippen LogP contribution is -1.98. The fourth-order valence-electron chi connectivity index (χ4n) is 1.45. The minimum atomic E-state index is 0.537. The molecule has 1 N–H and O–H groups in total. The third-order valence-corrected chi connectivity index (χ3v) is 4.68. The normalized spacial score (nSPS) is 9.89. The molecule has 0 atom stereocenters. The first kappa shape index (κ1) is 13.3. The zero-order valence-electron chi connectivity index (χ0n) is 9.54. The van der Waals surface area contributed by atoms with Gasteiger partial charge in [-0.25, -0.2) is 4.98 Å². The molecule has 0 amide bonds. The SMILES string of the molecule is Cc1ccc(C#N)c(Nc2ccc(I)c(Br)c2)n1. The fourth-order valence-corrected chi connectivity index (χ4v) is 2.17. The van der Waals surface area contributed by atoms with Crippen molar-refractivity contribution in [2.45, 2.75) is 6.92 Å². The summed E-state index contributed by atoms with van der Waals surface area (Å²) in [6.45, 7) is 1.90. The van der Waals surface area contributed by atoms with Crippen molar-refractivity contribution in [1.82, 2.24) is 4.98 Å². The summed E-state index contributed by atoms with van der Waals surface area (Å²) in [7, 11) is 0. The van der Waals surface area contributed by atoms with E-state index in [-0.39, 0.29) is 0 Å². The van der Waals surface area contributed by atoms with E-state index in [0.717, 1.165) is 19.4 Å². The van der Waals surface area contributed by atoms with E-state index in [1.807, 2.05) is 31.2 Å². The van der Waals surface area contributed by atoms with Gasteiger partial charge in [-0.1, -0.05) is 0 Å². The van der Waals surface area contributed by atoms with E-state index in [0.29, 0.717) is 11.4 Å². The van der Waals surface area contributed by atoms with Gasteiger partial charge in [0.2, 0.25) is 0 Å². The highest BCUT2D eigenvalue weighted by atomic mass is 127. The van der Waals surface area contributed by atoms with Crippen molar-refractivity contribution >= 4 is 50.0 Å². The minimum absolute atomic E-state index is 0.537. The minimum Gasteiger partial charge on any atom is -0.339 e. The van der Waals surface area contributed by atoms with Gasteiger partial charge in [0.05, 0.1) is 5.56 Å². The molecule has 0 saturated heterocycles. The second kappa shape index (κ2) is 5.67. The number of hydrogen-bond donors (Lipinski definition) is 1. The molecule has 1 heterocycles. The van der Waals surface area contributed by atoms with Crippen LogP contribution in [0.15, 0.2) is 34.8 Å². The van der Waals surface area contributed by atoms with Crippen molar-refractivity contribution in [3.8, 4) is 6.07 Å². The third kappa shape index (κ3) is 3.00. The maximum Gasteiger partial charge on any atom is 0.148 e. The van der Waals surface area contributed by atoms with Crippen LogP contribution in [-0.4, -0.2) is 4.98 Å². The zero-order valence-corrected chi connectivity index (χ0v) is 13.3. The summed E-state index contributed by atoms with van der Waals surface area (Å²) in [6.07, 6.45) is 0. The largest absolute Gasteiger partial charge is 0.339 e. The van der Waals surface area contributed by atoms with Gasteiger partial charge < -0.3 is 5.32 Å². The highest BCUT2D eigenvalue weighted by Crippen LogP contribution is 2.25. The Kier molecular flexibility index (Phi) is 4.19. The number of rotatable bonds is 2. The molecule has 0 aliphatic carbocycles. The van der Waals surface area contributed by atoms with Crippen LogP contribution in [0.4, 0.5) is 11.5 Å². The summed E-state index contributed by atoms with van der Waals surface area (Å²) in [6, 6.07) is 11.6. The van der Waals surface area contributed by atoms with Gasteiger partial charge in [0.15, 0.2) is 0 Å². The number of nitrogens with zero attached hydrogens (tertiary/aromatic N) is 2. The molecule has 0 aliphatic heterocycles. The molecule has 0 aliphatic rings. The molecule has 2 aromatic rings. The number of nitrogens with one attached hydrogen (secondary N) is 1. The first-order chi connectivity index (χ1) is 8.60. The molecule has 1 aromatic heterocycles. The molecule has 18 heavy (non-hydrogen) atoms. The second-order valence-corrected chi connectivity index (χ2v) is 5.73. The second-order valence-electron chi connectivity index (χ2n) is 3.71. The number of nitriles is 1. The van der Waals surface area contributed by atoms with Crippen molar-refractivity contribution in [1.29, 1.82) is 5.26 Å². The summed E-state index contributed by atoms with van der Waals surface area (Å²) in [5.41, 5.74) is 2.31. The quantitative estimate of drug-likeness (QED) is 0.743. The predicted molar refractivity (Wildman–Crippen MR) is 83.8 cm³/mol. The summed E-state index contributed by atoms with van der Waals surface area (Å²) in [5, 5.41) is 12.2. The molecule has 90 valence electrons. The molecule has 5 heteroatoms. The van der Waals surface area contributed by atoms with Crippen LogP contribution in [0.5, 0.6) is 0 Å². The molecule has 0 bridgehead atoms. The van der Waals surface area contributed by atoms with Crippen LogP contribution in [0, 0.1) is 21.8 Å². The van der Waals surface area contributed by atoms with Crippen molar-refractivity contribution in [3.63, 3.8) is 0 Å². The Morgan fingerprint density at radius 3 is 2.78 bits per heavy atom. The van der Waals surface area contributed by atoms with Gasteiger partial charge in [-0.2, -0.15) is 5.26 Å². The monoisotopic (exact) mass is 413 g/mol. The topological polar surface area (TPSA) is 48.7 Å². The smallest absolute Gasteiger partial charge is 0.148 e. The molecule has 0 unspecified atom stereocenters. The number of hydrogen-bond acceptors (Lipinski definition) is 3. The first-order valence-electron chi connectivity index (χ1n) is 5.20. The van der Waals surface area contributed by atoms with Crippen molar-refractivity contribution < 1.29 is 0 Å². The Labute approximate surface area is 128 Å². The van der Waals surface area contributed by atoms with E-state index in [2.05, 4.69) is 54.9 Å². The van der Waals surface area contributed by atoms with Gasteiger partial charge in [-0.3, -0.25) is 0 Å². The lowest BCUT2D eigenvalue weighted by Gasteiger charge is -2.09. The number of anilines is 2. The number of aryl methyl sites for hydroxylation is 1.